The molecule has 23 heavy (non-hydrogen) atoms. The van der Waals surface area contributed by atoms with Crippen molar-refractivity contribution in [2.45, 2.75) is 20.3 Å². The van der Waals surface area contributed by atoms with Crippen LogP contribution in [0.3, 0.4) is 0 Å². The number of rotatable bonds is 5. The summed E-state index contributed by atoms with van der Waals surface area (Å²) in [4.78, 5) is 18.6. The van der Waals surface area contributed by atoms with Crippen molar-refractivity contribution in [3.05, 3.63) is 65.7 Å². The number of benzene rings is 1. The summed E-state index contributed by atoms with van der Waals surface area (Å²) in [6.45, 7) is 5.24. The molecule has 0 saturated heterocycles. The maximum absolute atomic E-state index is 12.8. The smallest absolute Gasteiger partial charge is 0.289 e. The predicted octanol–water partition coefficient (Wildman–Crippen LogP) is 3.84. The zero-order valence-corrected chi connectivity index (χ0v) is 13.5. The highest BCUT2D eigenvalue weighted by Gasteiger charge is 2.22. The largest absolute Gasteiger partial charge is 0.451 e. The van der Waals surface area contributed by atoms with Gasteiger partial charge in [-0.2, -0.15) is 0 Å². The first-order valence-electron chi connectivity index (χ1n) is 7.87. The Kier molecular flexibility index (Phi) is 4.42. The summed E-state index contributed by atoms with van der Waals surface area (Å²) in [5.41, 5.74) is 2.85. The number of carbonyl (C=O) groups excluding carboxylic acids is 1. The van der Waals surface area contributed by atoms with E-state index >= 15 is 0 Å². The van der Waals surface area contributed by atoms with E-state index in [1.165, 1.54) is 5.56 Å². The van der Waals surface area contributed by atoms with Crippen molar-refractivity contribution in [2.24, 2.45) is 0 Å². The third-order valence-electron chi connectivity index (χ3n) is 4.13. The van der Waals surface area contributed by atoms with Gasteiger partial charge in [0.25, 0.3) is 5.91 Å². The number of carbonyl (C=O) groups is 1. The molecule has 2 aromatic heterocycles. The highest BCUT2D eigenvalue weighted by Crippen LogP contribution is 2.26. The van der Waals surface area contributed by atoms with E-state index in [0.717, 1.165) is 23.0 Å². The third-order valence-corrected chi connectivity index (χ3v) is 4.13. The third kappa shape index (κ3) is 3.11. The summed E-state index contributed by atoms with van der Waals surface area (Å²) in [5.74, 6) is 0.401. The average Bonchev–Trinajstić information content (AvgIpc) is 2.93. The Bertz CT molecular complexity index is 809. The number of likely N-dealkylation sites (N-methyl/N-ethyl adjacent to an activating group) is 1. The van der Waals surface area contributed by atoms with Gasteiger partial charge in [-0.05, 0) is 44.0 Å². The molecule has 0 unspecified atom stereocenters. The Hall–Kier alpha value is -2.62. The van der Waals surface area contributed by atoms with Gasteiger partial charge in [-0.3, -0.25) is 9.78 Å². The van der Waals surface area contributed by atoms with Crippen LogP contribution in [-0.2, 0) is 6.42 Å². The number of nitrogens with zero attached hydrogens (tertiary/aromatic N) is 2. The first-order valence-corrected chi connectivity index (χ1v) is 7.87. The normalized spacial score (nSPS) is 10.9. The first-order chi connectivity index (χ1) is 11.2. The monoisotopic (exact) mass is 308 g/mol. The Morgan fingerprint density at radius 2 is 1.91 bits per heavy atom. The highest BCUT2D eigenvalue weighted by molar-refractivity contribution is 5.98. The molecule has 3 aromatic rings. The lowest BCUT2D eigenvalue weighted by molar-refractivity contribution is 0.0735. The van der Waals surface area contributed by atoms with Crippen LogP contribution in [-0.4, -0.2) is 28.9 Å². The van der Waals surface area contributed by atoms with Crippen molar-refractivity contribution in [3.63, 3.8) is 0 Å². The van der Waals surface area contributed by atoms with Crippen molar-refractivity contribution in [2.75, 3.05) is 13.1 Å². The zero-order valence-electron chi connectivity index (χ0n) is 13.5. The van der Waals surface area contributed by atoms with Gasteiger partial charge in [-0.1, -0.05) is 18.2 Å². The average molecular weight is 308 g/mol. The van der Waals surface area contributed by atoms with Crippen LogP contribution in [0.15, 0.2) is 53.2 Å². The number of hydrogen-bond acceptors (Lipinski definition) is 3. The summed E-state index contributed by atoms with van der Waals surface area (Å²) < 4.78 is 5.79. The van der Waals surface area contributed by atoms with E-state index in [9.17, 15) is 4.79 Å². The first kappa shape index (κ1) is 15.3. The van der Waals surface area contributed by atoms with Gasteiger partial charge in [-0.15, -0.1) is 0 Å². The van der Waals surface area contributed by atoms with E-state index in [1.807, 2.05) is 55.1 Å². The van der Waals surface area contributed by atoms with E-state index in [0.29, 0.717) is 18.8 Å². The SMILES string of the molecule is CCN(CCc1ccncc1)C(=O)c1oc2ccccc2c1C. The van der Waals surface area contributed by atoms with Crippen LogP contribution < -0.4 is 0 Å². The molecule has 2 heterocycles. The minimum atomic E-state index is -0.0461. The number of pyridine rings is 1. The van der Waals surface area contributed by atoms with E-state index < -0.39 is 0 Å². The topological polar surface area (TPSA) is 46.3 Å². The molecule has 118 valence electrons. The molecule has 0 aliphatic carbocycles. The minimum absolute atomic E-state index is 0.0461. The molecule has 3 rings (SSSR count). The Morgan fingerprint density at radius 1 is 1.17 bits per heavy atom. The van der Waals surface area contributed by atoms with E-state index in [2.05, 4.69) is 4.98 Å². The molecule has 0 aliphatic heterocycles. The fourth-order valence-corrected chi connectivity index (χ4v) is 2.74. The van der Waals surface area contributed by atoms with Crippen LogP contribution >= 0.6 is 0 Å². The summed E-state index contributed by atoms with van der Waals surface area (Å²) in [6.07, 6.45) is 4.36. The van der Waals surface area contributed by atoms with Gasteiger partial charge in [0.15, 0.2) is 5.76 Å². The van der Waals surface area contributed by atoms with Gasteiger partial charge in [0.05, 0.1) is 0 Å². The second-order valence-electron chi connectivity index (χ2n) is 5.54. The lowest BCUT2D eigenvalue weighted by atomic mass is 10.1. The summed E-state index contributed by atoms with van der Waals surface area (Å²) >= 11 is 0. The van der Waals surface area contributed by atoms with Gasteiger partial charge < -0.3 is 9.32 Å². The molecule has 0 aliphatic rings. The molecular formula is C19H20N2O2. The van der Waals surface area contributed by atoms with Crippen molar-refractivity contribution in [1.29, 1.82) is 0 Å². The fourth-order valence-electron chi connectivity index (χ4n) is 2.74. The van der Waals surface area contributed by atoms with Crippen molar-refractivity contribution >= 4 is 16.9 Å². The number of furan rings is 1. The van der Waals surface area contributed by atoms with Gasteiger partial charge in [-0.25, -0.2) is 0 Å². The molecule has 4 nitrogen and oxygen atoms in total. The van der Waals surface area contributed by atoms with Crippen molar-refractivity contribution < 1.29 is 9.21 Å². The molecule has 0 bridgehead atoms. The van der Waals surface area contributed by atoms with Crippen LogP contribution in [0, 0.1) is 6.92 Å². The molecule has 1 amide bonds. The molecule has 0 N–H and O–H groups in total. The molecule has 0 spiro atoms. The summed E-state index contributed by atoms with van der Waals surface area (Å²) in [5, 5.41) is 1.00. The van der Waals surface area contributed by atoms with Gasteiger partial charge in [0, 0.05) is 36.4 Å². The van der Waals surface area contributed by atoms with E-state index in [4.69, 9.17) is 4.42 Å². The minimum Gasteiger partial charge on any atom is -0.451 e. The summed E-state index contributed by atoms with van der Waals surface area (Å²) in [6, 6.07) is 11.7. The second kappa shape index (κ2) is 6.65. The predicted molar refractivity (Wildman–Crippen MR) is 90.5 cm³/mol. The maximum atomic E-state index is 12.8. The summed E-state index contributed by atoms with van der Waals surface area (Å²) in [7, 11) is 0. The number of aromatic nitrogens is 1. The maximum Gasteiger partial charge on any atom is 0.289 e. The van der Waals surface area contributed by atoms with E-state index in [-0.39, 0.29) is 5.91 Å². The quantitative estimate of drug-likeness (QED) is 0.719. The molecule has 0 atom stereocenters. The Morgan fingerprint density at radius 3 is 2.61 bits per heavy atom. The molecular weight excluding hydrogens is 288 g/mol. The van der Waals surface area contributed by atoms with Gasteiger partial charge >= 0.3 is 0 Å². The van der Waals surface area contributed by atoms with Gasteiger partial charge in [0.1, 0.15) is 5.58 Å². The van der Waals surface area contributed by atoms with Gasteiger partial charge in [0.2, 0.25) is 0 Å². The standard InChI is InChI=1S/C19H20N2O2/c1-3-21(13-10-15-8-11-20-12-9-15)19(22)18-14(2)16-6-4-5-7-17(16)23-18/h4-9,11-12H,3,10,13H2,1-2H3. The van der Waals surface area contributed by atoms with Crippen LogP contribution in [0.5, 0.6) is 0 Å². The fraction of sp³-hybridized carbons (Fsp3) is 0.263. The van der Waals surface area contributed by atoms with Crippen LogP contribution in [0.25, 0.3) is 11.0 Å². The van der Waals surface area contributed by atoms with Crippen LogP contribution in [0.2, 0.25) is 0 Å². The van der Waals surface area contributed by atoms with Crippen molar-refractivity contribution in [1.82, 2.24) is 9.88 Å². The number of hydrogen-bond donors (Lipinski definition) is 0. The number of para-hydroxylation sites is 1. The molecule has 4 heteroatoms. The molecule has 0 radical (unpaired) electrons. The second-order valence-corrected chi connectivity index (χ2v) is 5.54. The lowest BCUT2D eigenvalue weighted by Gasteiger charge is -2.20. The number of fused-ring (bicyclic) bond motifs is 1. The number of amides is 1. The molecule has 0 fully saturated rings. The lowest BCUT2D eigenvalue weighted by Crippen LogP contribution is -2.32. The number of aryl methyl sites for hydroxylation is 1. The Balaban J connectivity index is 1.80. The highest BCUT2D eigenvalue weighted by atomic mass is 16.3. The van der Waals surface area contributed by atoms with E-state index in [1.54, 1.807) is 12.4 Å². The molecule has 0 saturated carbocycles. The molecule has 1 aromatic carbocycles. The van der Waals surface area contributed by atoms with Crippen molar-refractivity contribution in [3.8, 4) is 0 Å². The van der Waals surface area contributed by atoms with Crippen LogP contribution in [0.4, 0.5) is 0 Å². The Labute approximate surface area is 135 Å². The zero-order chi connectivity index (χ0) is 16.2. The van der Waals surface area contributed by atoms with Crippen LogP contribution in [0.1, 0.15) is 28.6 Å².